The number of halogens is 3. The van der Waals surface area contributed by atoms with Crippen LogP contribution >= 0.6 is 11.6 Å². The topological polar surface area (TPSA) is 65.1 Å². The molecule has 128 valence electrons. The van der Waals surface area contributed by atoms with Gasteiger partial charge in [-0.2, -0.15) is 0 Å². The summed E-state index contributed by atoms with van der Waals surface area (Å²) in [6, 6.07) is 7.52. The van der Waals surface area contributed by atoms with E-state index in [9.17, 15) is 18.7 Å². The summed E-state index contributed by atoms with van der Waals surface area (Å²) in [5.41, 5.74) is 1.86. The van der Waals surface area contributed by atoms with Gasteiger partial charge in [-0.1, -0.05) is 29.8 Å². The maximum atomic E-state index is 14.4. The summed E-state index contributed by atoms with van der Waals surface area (Å²) in [7, 11) is 0. The number of para-hydroxylation sites is 1. The minimum atomic E-state index is -1.07. The Morgan fingerprint density at radius 2 is 1.88 bits per heavy atom. The Kier molecular flexibility index (Phi) is 3.74. The highest BCUT2D eigenvalue weighted by Crippen LogP contribution is 2.37. The number of aliphatic carboxylic acids is 1. The minimum absolute atomic E-state index is 0.0544. The number of benzene rings is 2. The fourth-order valence-corrected chi connectivity index (χ4v) is 3.64. The lowest BCUT2D eigenvalue weighted by Gasteiger charge is -2.30. The fourth-order valence-electron chi connectivity index (χ4n) is 3.45. The first-order valence-corrected chi connectivity index (χ1v) is 8.06. The van der Waals surface area contributed by atoms with E-state index in [4.69, 9.17) is 11.6 Å². The lowest BCUT2D eigenvalue weighted by atomic mass is 9.90. The van der Waals surface area contributed by atoms with Gasteiger partial charge in [0.25, 0.3) is 0 Å². The second-order valence-electron chi connectivity index (χ2n) is 6.04. The van der Waals surface area contributed by atoms with Crippen molar-refractivity contribution < 1.29 is 18.7 Å². The molecule has 0 saturated carbocycles. The smallest absolute Gasteiger partial charge is 0.321 e. The lowest BCUT2D eigenvalue weighted by Crippen LogP contribution is -2.45. The van der Waals surface area contributed by atoms with Crippen LogP contribution in [0.1, 0.15) is 22.9 Å². The number of aromatic nitrogens is 1. The van der Waals surface area contributed by atoms with Crippen LogP contribution < -0.4 is 5.32 Å². The number of rotatable bonds is 2. The first-order chi connectivity index (χ1) is 12.0. The van der Waals surface area contributed by atoms with Crippen LogP contribution in [0.2, 0.25) is 5.02 Å². The summed E-state index contributed by atoms with van der Waals surface area (Å²) in [5, 5.41) is 13.1. The zero-order valence-corrected chi connectivity index (χ0v) is 13.6. The molecule has 2 atom stereocenters. The highest BCUT2D eigenvalue weighted by Gasteiger charge is 2.36. The Bertz CT molecular complexity index is 979. The largest absolute Gasteiger partial charge is 0.480 e. The van der Waals surface area contributed by atoms with E-state index in [1.807, 2.05) is 24.3 Å². The van der Waals surface area contributed by atoms with Crippen molar-refractivity contribution in [2.45, 2.75) is 18.5 Å². The van der Waals surface area contributed by atoms with Gasteiger partial charge >= 0.3 is 5.97 Å². The van der Waals surface area contributed by atoms with E-state index in [2.05, 4.69) is 10.3 Å². The number of carboxylic acids is 1. The number of hydrogen-bond acceptors (Lipinski definition) is 2. The summed E-state index contributed by atoms with van der Waals surface area (Å²) in [6.45, 7) is 0. The van der Waals surface area contributed by atoms with Gasteiger partial charge in [-0.3, -0.25) is 10.1 Å². The van der Waals surface area contributed by atoms with Crippen molar-refractivity contribution in [3.63, 3.8) is 0 Å². The lowest BCUT2D eigenvalue weighted by molar-refractivity contribution is -0.139. The number of H-pyrrole nitrogens is 1. The SMILES string of the molecule is O=C(O)[C@@H]1Cc2c([nH]c3ccccc23)[C@@H](c2c(F)cc(Cl)cc2F)N1. The van der Waals surface area contributed by atoms with Crippen LogP contribution in [0.15, 0.2) is 36.4 Å². The molecule has 0 aliphatic carbocycles. The van der Waals surface area contributed by atoms with Gasteiger partial charge in [-0.15, -0.1) is 0 Å². The summed E-state index contributed by atoms with van der Waals surface area (Å²) >= 11 is 5.70. The Morgan fingerprint density at radius 1 is 1.20 bits per heavy atom. The second-order valence-corrected chi connectivity index (χ2v) is 6.48. The van der Waals surface area contributed by atoms with E-state index in [0.29, 0.717) is 5.69 Å². The van der Waals surface area contributed by atoms with Crippen molar-refractivity contribution in [2.75, 3.05) is 0 Å². The molecule has 1 aliphatic heterocycles. The Morgan fingerprint density at radius 3 is 2.56 bits per heavy atom. The van der Waals surface area contributed by atoms with Gasteiger partial charge in [0, 0.05) is 33.6 Å². The fraction of sp³-hybridized carbons (Fsp3) is 0.167. The molecule has 1 aliphatic rings. The van der Waals surface area contributed by atoms with Crippen molar-refractivity contribution in [3.8, 4) is 0 Å². The molecular weight excluding hydrogens is 350 g/mol. The molecule has 4 nitrogen and oxygen atoms in total. The average molecular weight is 363 g/mol. The van der Waals surface area contributed by atoms with Crippen molar-refractivity contribution in [1.29, 1.82) is 0 Å². The first kappa shape index (κ1) is 16.1. The maximum Gasteiger partial charge on any atom is 0.321 e. The van der Waals surface area contributed by atoms with E-state index in [0.717, 1.165) is 28.6 Å². The zero-order chi connectivity index (χ0) is 17.7. The molecule has 25 heavy (non-hydrogen) atoms. The van der Waals surface area contributed by atoms with Gasteiger partial charge in [0.15, 0.2) is 0 Å². The van der Waals surface area contributed by atoms with Crippen LogP contribution in [0, 0.1) is 11.6 Å². The molecule has 3 aromatic rings. The third-order valence-corrected chi connectivity index (χ3v) is 4.76. The molecular formula is C18H13ClF2N2O2. The van der Waals surface area contributed by atoms with Crippen LogP contribution in [0.5, 0.6) is 0 Å². The van der Waals surface area contributed by atoms with Gasteiger partial charge < -0.3 is 10.1 Å². The zero-order valence-electron chi connectivity index (χ0n) is 12.8. The molecule has 0 amide bonds. The minimum Gasteiger partial charge on any atom is -0.480 e. The third-order valence-electron chi connectivity index (χ3n) is 4.54. The summed E-state index contributed by atoms with van der Waals surface area (Å²) in [5.74, 6) is -2.72. The number of aromatic amines is 1. The first-order valence-electron chi connectivity index (χ1n) is 7.68. The Hall–Kier alpha value is -2.44. The standard InChI is InChI=1S/C18H13ClF2N2O2/c19-8-5-11(20)15(12(21)6-8)17-16-10(7-14(23-17)18(24)25)9-3-1-2-4-13(9)22-16/h1-6,14,17,22-23H,7H2,(H,24,25)/t14-,17+/m0/s1. The van der Waals surface area contributed by atoms with Crippen molar-refractivity contribution >= 4 is 28.5 Å². The van der Waals surface area contributed by atoms with Crippen LogP contribution in [0.4, 0.5) is 8.78 Å². The van der Waals surface area contributed by atoms with Crippen LogP contribution in [-0.4, -0.2) is 22.1 Å². The van der Waals surface area contributed by atoms with Crippen molar-refractivity contribution in [3.05, 3.63) is 69.9 Å². The number of nitrogens with one attached hydrogen (secondary N) is 2. The van der Waals surface area contributed by atoms with E-state index in [1.54, 1.807) is 0 Å². The number of hydrogen-bond donors (Lipinski definition) is 3. The molecule has 0 radical (unpaired) electrons. The Balaban J connectivity index is 1.96. The van der Waals surface area contributed by atoms with Gasteiger partial charge in [0.1, 0.15) is 17.7 Å². The number of carboxylic acid groups (broad SMARTS) is 1. The Labute approximate surface area is 146 Å². The van der Waals surface area contributed by atoms with Crippen molar-refractivity contribution in [1.82, 2.24) is 10.3 Å². The quantitative estimate of drug-likeness (QED) is 0.650. The summed E-state index contributed by atoms with van der Waals surface area (Å²) < 4.78 is 28.9. The third kappa shape index (κ3) is 2.58. The van der Waals surface area contributed by atoms with E-state index in [-0.39, 0.29) is 17.0 Å². The normalized spacial score (nSPS) is 19.8. The maximum absolute atomic E-state index is 14.4. The van der Waals surface area contributed by atoms with Crippen LogP contribution in [0.3, 0.4) is 0 Å². The predicted octanol–water partition coefficient (Wildman–Crippen LogP) is 3.79. The highest BCUT2D eigenvalue weighted by atomic mass is 35.5. The molecule has 0 bridgehead atoms. The molecule has 3 N–H and O–H groups in total. The molecule has 2 aromatic carbocycles. The molecule has 0 fully saturated rings. The number of carbonyl (C=O) groups is 1. The highest BCUT2D eigenvalue weighted by molar-refractivity contribution is 6.30. The molecule has 4 rings (SSSR count). The second kappa shape index (κ2) is 5.82. The van der Waals surface area contributed by atoms with Gasteiger partial charge in [0.05, 0.1) is 6.04 Å². The van der Waals surface area contributed by atoms with E-state index >= 15 is 0 Å². The molecule has 0 saturated heterocycles. The van der Waals surface area contributed by atoms with E-state index in [1.165, 1.54) is 0 Å². The van der Waals surface area contributed by atoms with Crippen LogP contribution in [0.25, 0.3) is 10.9 Å². The monoisotopic (exact) mass is 362 g/mol. The molecule has 0 unspecified atom stereocenters. The van der Waals surface area contributed by atoms with Gasteiger partial charge in [-0.05, 0) is 23.8 Å². The summed E-state index contributed by atoms with van der Waals surface area (Å²) in [6.07, 6.45) is 0.224. The predicted molar refractivity (Wildman–Crippen MR) is 89.8 cm³/mol. The van der Waals surface area contributed by atoms with Gasteiger partial charge in [-0.25, -0.2) is 8.78 Å². The van der Waals surface area contributed by atoms with Crippen molar-refractivity contribution in [2.24, 2.45) is 0 Å². The average Bonchev–Trinajstić information content (AvgIpc) is 2.92. The van der Waals surface area contributed by atoms with Crippen LogP contribution in [-0.2, 0) is 11.2 Å². The molecule has 1 aromatic heterocycles. The number of fused-ring (bicyclic) bond motifs is 3. The van der Waals surface area contributed by atoms with Gasteiger partial charge in [0.2, 0.25) is 0 Å². The summed E-state index contributed by atoms with van der Waals surface area (Å²) in [4.78, 5) is 14.7. The van der Waals surface area contributed by atoms with E-state index < -0.39 is 29.7 Å². The molecule has 7 heteroatoms. The molecule has 0 spiro atoms. The molecule has 2 heterocycles.